The third-order valence-electron chi connectivity index (χ3n) is 0. The van der Waals surface area contributed by atoms with Gasteiger partial charge in [-0.3, -0.25) is 28.5 Å². The van der Waals surface area contributed by atoms with E-state index >= 15 is 0 Å². The molecule has 0 aliphatic heterocycles. The smallest absolute Gasteiger partial charge is 0.759 e. The van der Waals surface area contributed by atoms with Crippen LogP contribution in [0.1, 0.15) is 0 Å². The summed E-state index contributed by atoms with van der Waals surface area (Å²) in [7, 11) is -10.3. The van der Waals surface area contributed by atoms with Crippen molar-refractivity contribution >= 4 is 20.8 Å². The quantitative estimate of drug-likeness (QED) is 0.145. The van der Waals surface area contributed by atoms with Crippen LogP contribution >= 0.6 is 0 Å². The molecule has 0 heterocycles. The Hall–Kier alpha value is 0.179. The van der Waals surface area contributed by atoms with E-state index in [1.807, 2.05) is 0 Å². The van der Waals surface area contributed by atoms with Gasteiger partial charge in [-0.15, -0.1) is 0 Å². The molecular formula is H4CuN2O8S2. The van der Waals surface area contributed by atoms with Crippen LogP contribution in [0.15, 0.2) is 0 Å². The predicted molar refractivity (Wildman–Crippen MR) is 29.3 cm³/mol. The van der Waals surface area contributed by atoms with Crippen LogP contribution in [0.5, 0.6) is 0 Å². The maximum absolute atomic E-state index is 8.52. The summed E-state index contributed by atoms with van der Waals surface area (Å²) in [5, 5.41) is 0. The average molecular weight is 288 g/mol. The van der Waals surface area contributed by atoms with Crippen LogP contribution in [-0.4, -0.2) is 35.0 Å². The van der Waals surface area contributed by atoms with Gasteiger partial charge in [0, 0.05) is 20.8 Å². The molecule has 0 fully saturated rings. The predicted octanol–water partition coefficient (Wildman–Crippen LogP) is -3.86. The van der Waals surface area contributed by atoms with Crippen LogP contribution < -0.4 is 11.7 Å². The van der Waals surface area contributed by atoms with Crippen molar-refractivity contribution in [3.05, 3.63) is 0 Å². The van der Waals surface area contributed by atoms with Crippen molar-refractivity contribution in [3.8, 4) is 0 Å². The zero-order chi connectivity index (χ0) is 11.0. The van der Waals surface area contributed by atoms with Gasteiger partial charge >= 0.3 is 17.1 Å². The molecule has 0 aromatic rings. The molecule has 0 unspecified atom stereocenters. The summed E-state index contributed by atoms with van der Waals surface area (Å²) in [6.07, 6.45) is 0. The van der Waals surface area contributed by atoms with Gasteiger partial charge in [0.05, 0.1) is 0 Å². The molecule has 85 valence electrons. The zero-order valence-electron chi connectivity index (χ0n) is 5.54. The molecule has 0 aliphatic rings. The SMILES string of the molecule is NN.O=S(=O)([O-])[O-].O=S(=O)([O-])[O-].[Cu+4]. The second-order valence-electron chi connectivity index (χ2n) is 0.816. The third kappa shape index (κ3) is 39200. The van der Waals surface area contributed by atoms with E-state index in [4.69, 9.17) is 35.0 Å². The molecule has 0 aromatic heterocycles. The molecule has 13 heavy (non-hydrogen) atoms. The van der Waals surface area contributed by atoms with Gasteiger partial charge in [0.2, 0.25) is 0 Å². The fraction of sp³-hybridized carbons (Fsp3) is 0. The second-order valence-corrected chi connectivity index (χ2v) is 2.45. The maximum atomic E-state index is 8.52. The molecule has 0 aromatic carbocycles. The van der Waals surface area contributed by atoms with Crippen LogP contribution in [0.25, 0.3) is 0 Å². The molecular weight excluding hydrogens is 284 g/mol. The van der Waals surface area contributed by atoms with Gasteiger partial charge < -0.3 is 18.2 Å². The molecule has 1 radical (unpaired) electrons. The summed E-state index contributed by atoms with van der Waals surface area (Å²) in [6.45, 7) is 0. The molecule has 0 rings (SSSR count). The number of hydrazine groups is 1. The van der Waals surface area contributed by atoms with Gasteiger partial charge in [-0.25, -0.2) is 0 Å². The minimum atomic E-state index is -5.17. The van der Waals surface area contributed by atoms with Gasteiger partial charge in [-0.1, -0.05) is 0 Å². The number of hydrogen-bond donors (Lipinski definition) is 2. The Balaban J connectivity index is -0.0000000491. The summed E-state index contributed by atoms with van der Waals surface area (Å²) < 4.78 is 68.2. The monoisotopic (exact) mass is 287 g/mol. The molecule has 0 amide bonds. The Labute approximate surface area is 84.9 Å². The van der Waals surface area contributed by atoms with Crippen LogP contribution in [-0.2, 0) is 37.9 Å². The number of rotatable bonds is 0. The minimum absolute atomic E-state index is 0. The normalized spacial score (nSPS) is 9.38. The molecule has 13 heteroatoms. The fourth-order valence-corrected chi connectivity index (χ4v) is 0. The standard InChI is InChI=1S/Cu.H4N2.2H2O4S/c;1-2;2*1-5(2,3)4/h;1-2H2;2*(H2,1,2,3,4)/q+4;;;/p-4. The van der Waals surface area contributed by atoms with Crippen LogP contribution in [0.4, 0.5) is 0 Å². The average Bonchev–Trinajstić information content (AvgIpc) is 1.59. The molecule has 0 spiro atoms. The minimum Gasteiger partial charge on any atom is -0.759 e. The fourth-order valence-electron chi connectivity index (χ4n) is 0. The van der Waals surface area contributed by atoms with Crippen molar-refractivity contribution in [1.82, 2.24) is 0 Å². The Morgan fingerprint density at radius 2 is 0.692 bits per heavy atom. The van der Waals surface area contributed by atoms with E-state index in [0.29, 0.717) is 0 Å². The van der Waals surface area contributed by atoms with Gasteiger partial charge in [0.1, 0.15) is 0 Å². The summed E-state index contributed by atoms with van der Waals surface area (Å²) in [6, 6.07) is 0. The Bertz CT molecular complexity index is 217. The first-order chi connectivity index (χ1) is 5.00. The van der Waals surface area contributed by atoms with E-state index < -0.39 is 20.8 Å². The van der Waals surface area contributed by atoms with Crippen LogP contribution in [0.2, 0.25) is 0 Å². The molecule has 0 bridgehead atoms. The van der Waals surface area contributed by atoms with E-state index in [-0.39, 0.29) is 17.1 Å². The molecule has 0 saturated carbocycles. The summed E-state index contributed by atoms with van der Waals surface area (Å²) in [5.74, 6) is 8.00. The van der Waals surface area contributed by atoms with Gasteiger partial charge in [-0.2, -0.15) is 0 Å². The van der Waals surface area contributed by atoms with Crippen molar-refractivity contribution in [3.63, 3.8) is 0 Å². The first-order valence-corrected chi connectivity index (χ1v) is 4.33. The second kappa shape index (κ2) is 10.3. The molecule has 0 aliphatic carbocycles. The topological polar surface area (TPSA) is 213 Å². The van der Waals surface area contributed by atoms with Crippen molar-refractivity contribution in [1.29, 1.82) is 0 Å². The number of nitrogens with two attached hydrogens (primary N) is 2. The van der Waals surface area contributed by atoms with Crippen molar-refractivity contribution < 1.29 is 52.1 Å². The third-order valence-corrected chi connectivity index (χ3v) is 0. The van der Waals surface area contributed by atoms with Gasteiger partial charge in [-0.05, 0) is 0 Å². The first-order valence-electron chi connectivity index (χ1n) is 1.67. The maximum Gasteiger partial charge on any atom is 4.00 e. The largest absolute Gasteiger partial charge is 4.00 e. The first kappa shape index (κ1) is 23.2. The van der Waals surface area contributed by atoms with Crippen LogP contribution in [0, 0.1) is 0 Å². The molecule has 4 N–H and O–H groups in total. The van der Waals surface area contributed by atoms with E-state index in [0.717, 1.165) is 0 Å². The van der Waals surface area contributed by atoms with Crippen molar-refractivity contribution in [2.24, 2.45) is 11.7 Å². The molecule has 0 atom stereocenters. The van der Waals surface area contributed by atoms with Crippen molar-refractivity contribution in [2.45, 2.75) is 0 Å². The summed E-state index contributed by atoms with van der Waals surface area (Å²) >= 11 is 0. The van der Waals surface area contributed by atoms with E-state index in [2.05, 4.69) is 11.7 Å². The van der Waals surface area contributed by atoms with E-state index in [9.17, 15) is 0 Å². The zero-order valence-corrected chi connectivity index (χ0v) is 8.11. The van der Waals surface area contributed by atoms with Gasteiger partial charge in [0.25, 0.3) is 0 Å². The number of hydrogen-bond acceptors (Lipinski definition) is 10. The Morgan fingerprint density at radius 3 is 0.692 bits per heavy atom. The van der Waals surface area contributed by atoms with Crippen molar-refractivity contribution in [2.75, 3.05) is 0 Å². The molecule has 0 saturated heterocycles. The summed E-state index contributed by atoms with van der Waals surface area (Å²) in [4.78, 5) is 0. The van der Waals surface area contributed by atoms with E-state index in [1.165, 1.54) is 0 Å². The van der Waals surface area contributed by atoms with Crippen LogP contribution in [0.3, 0.4) is 0 Å². The van der Waals surface area contributed by atoms with Gasteiger partial charge in [0.15, 0.2) is 0 Å². The molecule has 10 nitrogen and oxygen atoms in total. The Morgan fingerprint density at radius 1 is 0.692 bits per heavy atom. The summed E-state index contributed by atoms with van der Waals surface area (Å²) in [5.41, 5.74) is 0. The van der Waals surface area contributed by atoms with E-state index in [1.54, 1.807) is 0 Å². The Kier molecular flexibility index (Phi) is 18.3.